The van der Waals surface area contributed by atoms with Crippen molar-refractivity contribution in [3.8, 4) is 11.6 Å². The Morgan fingerprint density at radius 2 is 1.71 bits per heavy atom. The molecule has 0 bridgehead atoms. The standard InChI is InChI=1S/C27H29N5O2S/c33-25(28-18-23(31-15-7-8-16-31)22-12-5-2-6-13-22)20-35-27-30-29-26(24-14-9-17-34-24)32(27)19-21-10-3-1-4-11-21/h1-6,9-14,17,23H,7-8,15-16,18-20H2,(H,28,33). The van der Waals surface area contributed by atoms with Crippen LogP contribution in [-0.2, 0) is 11.3 Å². The maximum atomic E-state index is 12.8. The molecule has 1 aliphatic heterocycles. The van der Waals surface area contributed by atoms with E-state index in [1.54, 1.807) is 6.26 Å². The Hall–Kier alpha value is -3.36. The summed E-state index contributed by atoms with van der Waals surface area (Å²) in [5.41, 5.74) is 2.37. The number of likely N-dealkylation sites (tertiary alicyclic amines) is 1. The van der Waals surface area contributed by atoms with E-state index in [1.807, 2.05) is 41.0 Å². The van der Waals surface area contributed by atoms with Crippen LogP contribution in [0.4, 0.5) is 0 Å². The Labute approximate surface area is 209 Å². The van der Waals surface area contributed by atoms with Gasteiger partial charge in [-0.05, 0) is 49.2 Å². The SMILES string of the molecule is O=C(CSc1nnc(-c2ccco2)n1Cc1ccccc1)NCC(c1ccccc1)N1CCCC1. The van der Waals surface area contributed by atoms with Crippen LogP contribution in [0.25, 0.3) is 11.6 Å². The lowest BCUT2D eigenvalue weighted by Crippen LogP contribution is -2.37. The Balaban J connectivity index is 1.25. The fraction of sp³-hybridized carbons (Fsp3) is 0.296. The number of carbonyl (C=O) groups is 1. The topological polar surface area (TPSA) is 76.2 Å². The van der Waals surface area contributed by atoms with E-state index in [0.29, 0.717) is 29.8 Å². The lowest BCUT2D eigenvalue weighted by atomic mass is 10.1. The van der Waals surface area contributed by atoms with Crippen LogP contribution in [0, 0.1) is 0 Å². The highest BCUT2D eigenvalue weighted by atomic mass is 32.2. The number of thioether (sulfide) groups is 1. The van der Waals surface area contributed by atoms with Gasteiger partial charge in [-0.2, -0.15) is 0 Å². The first-order chi connectivity index (χ1) is 17.3. The van der Waals surface area contributed by atoms with Gasteiger partial charge in [0.2, 0.25) is 11.7 Å². The molecule has 0 spiro atoms. The first kappa shape index (κ1) is 23.4. The van der Waals surface area contributed by atoms with E-state index >= 15 is 0 Å². The molecule has 2 aromatic heterocycles. The summed E-state index contributed by atoms with van der Waals surface area (Å²) >= 11 is 1.39. The maximum Gasteiger partial charge on any atom is 0.230 e. The van der Waals surface area contributed by atoms with Crippen molar-refractivity contribution in [2.24, 2.45) is 0 Å². The predicted octanol–water partition coefficient (Wildman–Crippen LogP) is 4.63. The van der Waals surface area contributed by atoms with Gasteiger partial charge in [0.25, 0.3) is 0 Å². The zero-order valence-corrected chi connectivity index (χ0v) is 20.4. The van der Waals surface area contributed by atoms with Crippen molar-refractivity contribution in [3.63, 3.8) is 0 Å². The predicted molar refractivity (Wildman–Crippen MR) is 137 cm³/mol. The number of hydrogen-bond donors (Lipinski definition) is 1. The van der Waals surface area contributed by atoms with Gasteiger partial charge in [-0.25, -0.2) is 0 Å². The van der Waals surface area contributed by atoms with Crippen LogP contribution in [0.1, 0.15) is 30.0 Å². The summed E-state index contributed by atoms with van der Waals surface area (Å²) in [6, 6.07) is 24.5. The second-order valence-electron chi connectivity index (χ2n) is 8.62. The third-order valence-corrected chi connectivity index (χ3v) is 7.20. The fourth-order valence-electron chi connectivity index (χ4n) is 4.47. The average Bonchev–Trinajstić information content (AvgIpc) is 3.67. The third kappa shape index (κ3) is 5.83. The van der Waals surface area contributed by atoms with E-state index in [0.717, 1.165) is 18.7 Å². The Morgan fingerprint density at radius 3 is 2.43 bits per heavy atom. The second-order valence-corrected chi connectivity index (χ2v) is 9.56. The van der Waals surface area contributed by atoms with Gasteiger partial charge < -0.3 is 9.73 Å². The highest BCUT2D eigenvalue weighted by Gasteiger charge is 2.24. The van der Waals surface area contributed by atoms with Gasteiger partial charge in [0.1, 0.15) is 0 Å². The number of carbonyl (C=O) groups excluding carboxylic acids is 1. The molecule has 1 atom stereocenters. The zero-order chi connectivity index (χ0) is 23.9. The summed E-state index contributed by atoms with van der Waals surface area (Å²) in [7, 11) is 0. The number of nitrogens with one attached hydrogen (secondary N) is 1. The molecule has 8 heteroatoms. The Bertz CT molecular complexity index is 1210. The molecular weight excluding hydrogens is 458 g/mol. The number of hydrogen-bond acceptors (Lipinski definition) is 6. The smallest absolute Gasteiger partial charge is 0.230 e. The first-order valence-electron chi connectivity index (χ1n) is 12.0. The lowest BCUT2D eigenvalue weighted by molar-refractivity contribution is -0.118. The molecule has 1 aliphatic rings. The molecule has 1 N–H and O–H groups in total. The quantitative estimate of drug-likeness (QED) is 0.329. The van der Waals surface area contributed by atoms with Crippen molar-refractivity contribution in [1.29, 1.82) is 0 Å². The number of amides is 1. The summed E-state index contributed by atoms with van der Waals surface area (Å²) < 4.78 is 7.58. The van der Waals surface area contributed by atoms with Crippen molar-refractivity contribution in [2.75, 3.05) is 25.4 Å². The number of rotatable bonds is 10. The van der Waals surface area contributed by atoms with Crippen LogP contribution in [0.5, 0.6) is 0 Å². The molecule has 1 unspecified atom stereocenters. The average molecular weight is 488 g/mol. The molecule has 0 aliphatic carbocycles. The Morgan fingerprint density at radius 1 is 0.971 bits per heavy atom. The zero-order valence-electron chi connectivity index (χ0n) is 19.5. The molecule has 2 aromatic carbocycles. The van der Waals surface area contributed by atoms with Crippen molar-refractivity contribution in [1.82, 2.24) is 25.0 Å². The molecule has 0 radical (unpaired) electrons. The minimum absolute atomic E-state index is 0.0102. The summed E-state index contributed by atoms with van der Waals surface area (Å²) in [5, 5.41) is 12.6. The van der Waals surface area contributed by atoms with Crippen molar-refractivity contribution in [2.45, 2.75) is 30.6 Å². The second kappa shape index (κ2) is 11.4. The van der Waals surface area contributed by atoms with E-state index in [9.17, 15) is 4.79 Å². The fourth-order valence-corrected chi connectivity index (χ4v) is 5.24. The number of aromatic nitrogens is 3. The number of nitrogens with zero attached hydrogens (tertiary/aromatic N) is 4. The monoisotopic (exact) mass is 487 g/mol. The van der Waals surface area contributed by atoms with Gasteiger partial charge >= 0.3 is 0 Å². The van der Waals surface area contributed by atoms with Crippen LogP contribution < -0.4 is 5.32 Å². The van der Waals surface area contributed by atoms with Gasteiger partial charge in [0, 0.05) is 6.54 Å². The molecule has 7 nitrogen and oxygen atoms in total. The molecule has 1 amide bonds. The summed E-state index contributed by atoms with van der Waals surface area (Å²) in [5.74, 6) is 1.57. The highest BCUT2D eigenvalue weighted by molar-refractivity contribution is 7.99. The Kier molecular flexibility index (Phi) is 7.60. The van der Waals surface area contributed by atoms with Crippen molar-refractivity contribution >= 4 is 17.7 Å². The lowest BCUT2D eigenvalue weighted by Gasteiger charge is -2.28. The molecule has 1 saturated heterocycles. The molecule has 180 valence electrons. The van der Waals surface area contributed by atoms with Crippen molar-refractivity contribution < 1.29 is 9.21 Å². The van der Waals surface area contributed by atoms with Crippen LogP contribution in [-0.4, -0.2) is 51.0 Å². The third-order valence-electron chi connectivity index (χ3n) is 6.23. The normalized spacial score (nSPS) is 14.7. The van der Waals surface area contributed by atoms with Gasteiger partial charge in [0.15, 0.2) is 10.9 Å². The molecule has 35 heavy (non-hydrogen) atoms. The van der Waals surface area contributed by atoms with E-state index < -0.39 is 0 Å². The van der Waals surface area contributed by atoms with Gasteiger partial charge in [-0.15, -0.1) is 10.2 Å². The molecule has 1 fully saturated rings. The minimum Gasteiger partial charge on any atom is -0.461 e. The minimum atomic E-state index is -0.0102. The van der Waals surface area contributed by atoms with Gasteiger partial charge in [-0.3, -0.25) is 14.3 Å². The van der Waals surface area contributed by atoms with Crippen LogP contribution in [0.15, 0.2) is 88.6 Å². The van der Waals surface area contributed by atoms with Crippen LogP contribution in [0.3, 0.4) is 0 Å². The molecule has 5 rings (SSSR count). The van der Waals surface area contributed by atoms with Crippen LogP contribution >= 0.6 is 11.8 Å². The molecule has 0 saturated carbocycles. The van der Waals surface area contributed by atoms with Crippen molar-refractivity contribution in [3.05, 3.63) is 90.2 Å². The van der Waals surface area contributed by atoms with E-state index in [-0.39, 0.29) is 17.7 Å². The summed E-state index contributed by atoms with van der Waals surface area (Å²) in [6.07, 6.45) is 4.05. The molecule has 3 heterocycles. The molecule has 4 aromatic rings. The van der Waals surface area contributed by atoms with E-state index in [4.69, 9.17) is 4.42 Å². The summed E-state index contributed by atoms with van der Waals surface area (Å²) in [4.78, 5) is 15.3. The molecular formula is C27H29N5O2S. The van der Waals surface area contributed by atoms with Gasteiger partial charge in [-0.1, -0.05) is 72.4 Å². The number of benzene rings is 2. The summed E-state index contributed by atoms with van der Waals surface area (Å²) in [6.45, 7) is 3.33. The maximum absolute atomic E-state index is 12.8. The highest BCUT2D eigenvalue weighted by Crippen LogP contribution is 2.26. The first-order valence-corrected chi connectivity index (χ1v) is 13.0. The number of furan rings is 1. The van der Waals surface area contributed by atoms with E-state index in [1.165, 1.54) is 30.2 Å². The van der Waals surface area contributed by atoms with Crippen LogP contribution in [0.2, 0.25) is 0 Å². The van der Waals surface area contributed by atoms with E-state index in [2.05, 4.69) is 56.8 Å². The largest absolute Gasteiger partial charge is 0.461 e. The van der Waals surface area contributed by atoms with Gasteiger partial charge in [0.05, 0.1) is 24.6 Å².